The van der Waals surface area contributed by atoms with Gasteiger partial charge in [-0.25, -0.2) is 4.79 Å². The largest absolute Gasteiger partial charge is 0.481 e. The molecule has 1 heterocycles. The first-order valence-electron chi connectivity index (χ1n) is 8.45. The van der Waals surface area contributed by atoms with Crippen LogP contribution in [0.4, 0.5) is 4.79 Å². The van der Waals surface area contributed by atoms with Crippen molar-refractivity contribution in [2.75, 3.05) is 13.1 Å². The number of fused-ring (bicyclic) bond motifs is 1. The van der Waals surface area contributed by atoms with Crippen LogP contribution in [0.5, 0.6) is 0 Å². The third kappa shape index (κ3) is 4.90. The van der Waals surface area contributed by atoms with Crippen LogP contribution in [0.3, 0.4) is 0 Å². The standard InChI is InChI=1S/C16H28N2O3/c19-15(20)9-3-1-2-6-11-17-16(21)18-12-10-13-7-4-5-8-14(13)18/h13-14H,1-12H2,(H,17,21)(H,19,20). The number of urea groups is 1. The number of hydrogen-bond donors (Lipinski definition) is 2. The molecule has 2 unspecified atom stereocenters. The second-order valence-corrected chi connectivity index (χ2v) is 6.38. The highest BCUT2D eigenvalue weighted by atomic mass is 16.4. The van der Waals surface area contributed by atoms with Gasteiger partial charge in [-0.05, 0) is 38.0 Å². The quantitative estimate of drug-likeness (QED) is 0.710. The molecular weight excluding hydrogens is 268 g/mol. The fraction of sp³-hybridized carbons (Fsp3) is 0.875. The average Bonchev–Trinajstić information content (AvgIpc) is 2.89. The van der Waals surface area contributed by atoms with Gasteiger partial charge in [0.1, 0.15) is 0 Å². The van der Waals surface area contributed by atoms with Crippen LogP contribution in [0.25, 0.3) is 0 Å². The van der Waals surface area contributed by atoms with Crippen molar-refractivity contribution < 1.29 is 14.7 Å². The van der Waals surface area contributed by atoms with Gasteiger partial charge in [0, 0.05) is 25.6 Å². The monoisotopic (exact) mass is 296 g/mol. The van der Waals surface area contributed by atoms with Gasteiger partial charge in [0.05, 0.1) is 0 Å². The maximum Gasteiger partial charge on any atom is 0.317 e. The minimum absolute atomic E-state index is 0.106. The summed E-state index contributed by atoms with van der Waals surface area (Å²) in [6, 6.07) is 0.587. The molecule has 0 spiro atoms. The molecule has 120 valence electrons. The molecule has 0 bridgehead atoms. The highest BCUT2D eigenvalue weighted by Gasteiger charge is 2.37. The Morgan fingerprint density at radius 3 is 2.62 bits per heavy atom. The molecule has 2 amide bonds. The Kier molecular flexibility index (Phi) is 6.33. The Bertz CT molecular complexity index is 359. The van der Waals surface area contributed by atoms with Gasteiger partial charge in [-0.3, -0.25) is 4.79 Å². The van der Waals surface area contributed by atoms with E-state index in [9.17, 15) is 9.59 Å². The molecule has 2 N–H and O–H groups in total. The number of carboxylic acid groups (broad SMARTS) is 1. The fourth-order valence-corrected chi connectivity index (χ4v) is 3.71. The maximum atomic E-state index is 12.2. The van der Waals surface area contributed by atoms with Crippen molar-refractivity contribution in [2.24, 2.45) is 5.92 Å². The Labute approximate surface area is 127 Å². The number of carbonyl (C=O) groups is 2. The molecule has 21 heavy (non-hydrogen) atoms. The Hall–Kier alpha value is -1.26. The Balaban J connectivity index is 1.56. The maximum absolute atomic E-state index is 12.2. The first-order valence-corrected chi connectivity index (χ1v) is 8.45. The second kappa shape index (κ2) is 8.25. The molecule has 5 heteroatoms. The van der Waals surface area contributed by atoms with Crippen LogP contribution in [-0.2, 0) is 4.79 Å². The van der Waals surface area contributed by atoms with Gasteiger partial charge in [-0.2, -0.15) is 0 Å². The lowest BCUT2D eigenvalue weighted by Crippen LogP contribution is -2.45. The number of aliphatic carboxylic acids is 1. The fourth-order valence-electron chi connectivity index (χ4n) is 3.71. The molecule has 2 rings (SSSR count). The number of carbonyl (C=O) groups excluding carboxylic acids is 1. The van der Waals surface area contributed by atoms with Crippen LogP contribution in [0.2, 0.25) is 0 Å². The third-order valence-corrected chi connectivity index (χ3v) is 4.86. The zero-order valence-corrected chi connectivity index (χ0v) is 12.9. The van der Waals surface area contributed by atoms with Crippen molar-refractivity contribution in [3.63, 3.8) is 0 Å². The molecule has 2 atom stereocenters. The van der Waals surface area contributed by atoms with E-state index in [0.717, 1.165) is 38.1 Å². The van der Waals surface area contributed by atoms with E-state index >= 15 is 0 Å². The van der Waals surface area contributed by atoms with Gasteiger partial charge >= 0.3 is 12.0 Å². The van der Waals surface area contributed by atoms with E-state index in [0.29, 0.717) is 12.6 Å². The molecule has 0 aromatic rings. The van der Waals surface area contributed by atoms with Crippen LogP contribution in [-0.4, -0.2) is 41.1 Å². The van der Waals surface area contributed by atoms with Crippen molar-refractivity contribution in [1.82, 2.24) is 10.2 Å². The number of unbranched alkanes of at least 4 members (excludes halogenated alkanes) is 3. The van der Waals surface area contributed by atoms with Crippen molar-refractivity contribution in [2.45, 2.75) is 70.3 Å². The van der Waals surface area contributed by atoms with Gasteiger partial charge < -0.3 is 15.3 Å². The predicted octanol–water partition coefficient (Wildman–Crippen LogP) is 3.00. The molecule has 1 saturated heterocycles. The molecule has 0 radical (unpaired) electrons. The zero-order chi connectivity index (χ0) is 15.1. The van der Waals surface area contributed by atoms with Crippen molar-refractivity contribution in [3.8, 4) is 0 Å². The van der Waals surface area contributed by atoms with Crippen LogP contribution in [0.1, 0.15) is 64.2 Å². The summed E-state index contributed by atoms with van der Waals surface area (Å²) < 4.78 is 0. The number of likely N-dealkylation sites (tertiary alicyclic amines) is 1. The van der Waals surface area contributed by atoms with E-state index in [1.54, 1.807) is 0 Å². The normalized spacial score (nSPS) is 24.7. The molecule has 5 nitrogen and oxygen atoms in total. The summed E-state index contributed by atoms with van der Waals surface area (Å²) in [7, 11) is 0. The molecular formula is C16H28N2O3. The van der Waals surface area contributed by atoms with E-state index < -0.39 is 5.97 Å². The zero-order valence-electron chi connectivity index (χ0n) is 12.9. The summed E-state index contributed by atoms with van der Waals surface area (Å²) in [4.78, 5) is 24.6. The van der Waals surface area contributed by atoms with E-state index in [2.05, 4.69) is 5.32 Å². The lowest BCUT2D eigenvalue weighted by atomic mass is 9.85. The summed E-state index contributed by atoms with van der Waals surface area (Å²) in [6.45, 7) is 1.62. The molecule has 1 aliphatic heterocycles. The number of nitrogens with one attached hydrogen (secondary N) is 1. The number of hydrogen-bond acceptors (Lipinski definition) is 2. The van der Waals surface area contributed by atoms with Crippen molar-refractivity contribution in [3.05, 3.63) is 0 Å². The van der Waals surface area contributed by atoms with Gasteiger partial charge in [-0.15, -0.1) is 0 Å². The predicted molar refractivity (Wildman–Crippen MR) is 81.2 cm³/mol. The first-order chi connectivity index (χ1) is 10.2. The van der Waals surface area contributed by atoms with Gasteiger partial charge in [0.2, 0.25) is 0 Å². The summed E-state index contributed by atoms with van der Waals surface area (Å²) in [6.07, 6.45) is 10.1. The van der Waals surface area contributed by atoms with Crippen molar-refractivity contribution in [1.29, 1.82) is 0 Å². The van der Waals surface area contributed by atoms with E-state index in [-0.39, 0.29) is 12.5 Å². The number of nitrogens with zero attached hydrogens (tertiary/aromatic N) is 1. The summed E-state index contributed by atoms with van der Waals surface area (Å²) in [5, 5.41) is 11.6. The van der Waals surface area contributed by atoms with E-state index in [1.165, 1.54) is 32.1 Å². The SMILES string of the molecule is O=C(O)CCCCCCNC(=O)N1CCC2CCCCC21. The lowest BCUT2D eigenvalue weighted by Gasteiger charge is -2.31. The molecule has 0 aromatic carbocycles. The highest BCUT2D eigenvalue weighted by Crippen LogP contribution is 2.35. The number of carboxylic acids is 1. The highest BCUT2D eigenvalue weighted by molar-refractivity contribution is 5.74. The summed E-state index contributed by atoms with van der Waals surface area (Å²) in [5.74, 6) is 0.0138. The van der Waals surface area contributed by atoms with Crippen LogP contribution >= 0.6 is 0 Å². The average molecular weight is 296 g/mol. The third-order valence-electron chi connectivity index (χ3n) is 4.86. The van der Waals surface area contributed by atoms with Crippen LogP contribution in [0.15, 0.2) is 0 Å². The van der Waals surface area contributed by atoms with Gasteiger partial charge in [-0.1, -0.05) is 25.7 Å². The van der Waals surface area contributed by atoms with E-state index in [1.807, 2.05) is 4.90 Å². The molecule has 1 aliphatic carbocycles. The lowest BCUT2D eigenvalue weighted by molar-refractivity contribution is -0.137. The molecule has 1 saturated carbocycles. The second-order valence-electron chi connectivity index (χ2n) is 6.38. The Morgan fingerprint density at radius 1 is 1.05 bits per heavy atom. The molecule has 0 aromatic heterocycles. The van der Waals surface area contributed by atoms with Gasteiger partial charge in [0.25, 0.3) is 0 Å². The van der Waals surface area contributed by atoms with Crippen LogP contribution < -0.4 is 5.32 Å². The molecule has 2 fully saturated rings. The molecule has 2 aliphatic rings. The Morgan fingerprint density at radius 2 is 1.81 bits per heavy atom. The van der Waals surface area contributed by atoms with E-state index in [4.69, 9.17) is 5.11 Å². The smallest absolute Gasteiger partial charge is 0.317 e. The minimum atomic E-state index is -0.723. The summed E-state index contributed by atoms with van der Waals surface area (Å²) in [5.41, 5.74) is 0. The van der Waals surface area contributed by atoms with Crippen LogP contribution in [0, 0.1) is 5.92 Å². The van der Waals surface area contributed by atoms with Crippen molar-refractivity contribution >= 4 is 12.0 Å². The topological polar surface area (TPSA) is 69.6 Å². The van der Waals surface area contributed by atoms with Gasteiger partial charge in [0.15, 0.2) is 0 Å². The summed E-state index contributed by atoms with van der Waals surface area (Å²) >= 11 is 0. The first kappa shape index (κ1) is 16.1. The number of rotatable bonds is 7. The number of amides is 2. The minimum Gasteiger partial charge on any atom is -0.481 e.